The van der Waals surface area contributed by atoms with E-state index in [1.807, 2.05) is 0 Å². The fraction of sp³-hybridized carbons (Fsp3) is 0.417. The maximum absolute atomic E-state index is 12.0. The van der Waals surface area contributed by atoms with Crippen molar-refractivity contribution in [3.63, 3.8) is 0 Å². The largest absolute Gasteiger partial charge is 0.390 e. The van der Waals surface area contributed by atoms with Gasteiger partial charge in [-0.3, -0.25) is 0 Å². The lowest BCUT2D eigenvalue weighted by Gasteiger charge is -2.26. The molecule has 0 unspecified atom stereocenters. The van der Waals surface area contributed by atoms with Gasteiger partial charge in [-0.25, -0.2) is 4.79 Å². The van der Waals surface area contributed by atoms with Crippen molar-refractivity contribution in [3.8, 4) is 0 Å². The highest BCUT2D eigenvalue weighted by molar-refractivity contribution is 6.42. The molecule has 0 bridgehead atoms. The lowest BCUT2D eigenvalue weighted by molar-refractivity contribution is 0.115. The maximum atomic E-state index is 12.0. The second kappa shape index (κ2) is 5.96. The summed E-state index contributed by atoms with van der Waals surface area (Å²) in [5.41, 5.74) is 0.562. The van der Waals surface area contributed by atoms with Gasteiger partial charge in [0.25, 0.3) is 0 Å². The Morgan fingerprint density at radius 3 is 2.74 bits per heavy atom. The van der Waals surface area contributed by atoms with Crippen LogP contribution in [0.3, 0.4) is 0 Å². The molecule has 104 valence electrons. The molecule has 0 saturated carbocycles. The van der Waals surface area contributed by atoms with Crippen LogP contribution in [0.4, 0.5) is 10.5 Å². The summed E-state index contributed by atoms with van der Waals surface area (Å²) in [7, 11) is 1.65. The number of nitrogens with one attached hydrogen (secondary N) is 2. The van der Waals surface area contributed by atoms with E-state index >= 15 is 0 Å². The number of halogens is 2. The van der Waals surface area contributed by atoms with E-state index in [-0.39, 0.29) is 12.1 Å². The molecule has 3 N–H and O–H groups in total. The summed E-state index contributed by atoms with van der Waals surface area (Å²) in [5, 5.41) is 16.3. The van der Waals surface area contributed by atoms with Gasteiger partial charge in [0.1, 0.15) is 0 Å². The third-order valence-corrected chi connectivity index (χ3v) is 3.88. The minimum absolute atomic E-state index is 0.234. The normalized spacial score (nSPS) is 22.3. The number of likely N-dealkylation sites (N-methyl/N-ethyl adjacent to an activating group) is 1. The monoisotopic (exact) mass is 303 g/mol. The van der Waals surface area contributed by atoms with Crippen LogP contribution in [-0.4, -0.2) is 48.3 Å². The second-order valence-electron chi connectivity index (χ2n) is 4.46. The molecule has 0 aliphatic carbocycles. The van der Waals surface area contributed by atoms with Crippen LogP contribution in [0.25, 0.3) is 0 Å². The van der Waals surface area contributed by atoms with Crippen molar-refractivity contribution in [1.82, 2.24) is 10.2 Å². The first kappa shape index (κ1) is 14.4. The summed E-state index contributed by atoms with van der Waals surface area (Å²) < 4.78 is 0. The van der Waals surface area contributed by atoms with Crippen LogP contribution >= 0.6 is 23.2 Å². The lowest BCUT2D eigenvalue weighted by Crippen LogP contribution is -2.46. The van der Waals surface area contributed by atoms with Crippen LogP contribution in [-0.2, 0) is 0 Å². The Morgan fingerprint density at radius 2 is 2.16 bits per heavy atom. The number of hydrogen-bond acceptors (Lipinski definition) is 3. The van der Waals surface area contributed by atoms with Gasteiger partial charge >= 0.3 is 6.03 Å². The predicted octanol–water partition coefficient (Wildman–Crippen LogP) is 1.79. The minimum Gasteiger partial charge on any atom is -0.390 e. The van der Waals surface area contributed by atoms with Crippen molar-refractivity contribution in [2.45, 2.75) is 12.1 Å². The quantitative estimate of drug-likeness (QED) is 0.780. The first-order chi connectivity index (χ1) is 8.99. The number of carbonyl (C=O) groups is 1. The van der Waals surface area contributed by atoms with Gasteiger partial charge in [-0.1, -0.05) is 23.2 Å². The van der Waals surface area contributed by atoms with Crippen LogP contribution < -0.4 is 10.6 Å². The molecule has 0 radical (unpaired) electrons. The molecule has 1 aromatic rings. The number of aliphatic hydroxyl groups excluding tert-OH is 1. The van der Waals surface area contributed by atoms with Crippen molar-refractivity contribution >= 4 is 34.9 Å². The SMILES string of the molecule is CN(C(=O)Nc1ccc(Cl)c(Cl)c1)[C@H]1CNC[C@@H]1O. The fourth-order valence-corrected chi connectivity index (χ4v) is 2.28. The molecule has 1 aliphatic heterocycles. The molecule has 0 aromatic heterocycles. The van der Waals surface area contributed by atoms with Gasteiger partial charge in [-0.15, -0.1) is 0 Å². The summed E-state index contributed by atoms with van der Waals surface area (Å²) in [6, 6.07) is 4.34. The average molecular weight is 304 g/mol. The highest BCUT2D eigenvalue weighted by Gasteiger charge is 2.31. The van der Waals surface area contributed by atoms with Gasteiger partial charge in [0, 0.05) is 25.8 Å². The van der Waals surface area contributed by atoms with Crippen molar-refractivity contribution in [2.75, 3.05) is 25.5 Å². The van der Waals surface area contributed by atoms with Crippen LogP contribution in [0, 0.1) is 0 Å². The average Bonchev–Trinajstić information content (AvgIpc) is 2.79. The summed E-state index contributed by atoms with van der Waals surface area (Å²) >= 11 is 11.7. The van der Waals surface area contributed by atoms with Crippen LogP contribution in [0.1, 0.15) is 0 Å². The second-order valence-corrected chi connectivity index (χ2v) is 5.28. The molecule has 19 heavy (non-hydrogen) atoms. The van der Waals surface area contributed by atoms with Crippen molar-refractivity contribution in [1.29, 1.82) is 0 Å². The maximum Gasteiger partial charge on any atom is 0.321 e. The number of β-amino-alcohol motifs (C(OH)–C–C–N with tert-alkyl or cyclic N) is 1. The van der Waals surface area contributed by atoms with Gasteiger partial charge in [-0.2, -0.15) is 0 Å². The van der Waals surface area contributed by atoms with Crippen molar-refractivity contribution < 1.29 is 9.90 Å². The van der Waals surface area contributed by atoms with Crippen molar-refractivity contribution in [2.24, 2.45) is 0 Å². The standard InChI is InChI=1S/C12H15Cl2N3O2/c1-17(10-5-15-6-11(10)18)12(19)16-7-2-3-8(13)9(14)4-7/h2-4,10-11,15,18H,5-6H2,1H3,(H,16,19)/t10-,11-/m0/s1. The van der Waals surface area contributed by atoms with E-state index < -0.39 is 6.10 Å². The fourth-order valence-electron chi connectivity index (χ4n) is 1.98. The van der Waals surface area contributed by atoms with E-state index in [4.69, 9.17) is 23.2 Å². The highest BCUT2D eigenvalue weighted by Crippen LogP contribution is 2.25. The molecule has 2 amide bonds. The number of urea groups is 1. The van der Waals surface area contributed by atoms with E-state index in [0.717, 1.165) is 0 Å². The Hall–Kier alpha value is -1.01. The molecule has 1 fully saturated rings. The topological polar surface area (TPSA) is 64.6 Å². The smallest absolute Gasteiger partial charge is 0.321 e. The molecule has 1 aromatic carbocycles. The number of anilines is 1. The summed E-state index contributed by atoms with van der Waals surface area (Å²) in [6.45, 7) is 1.07. The Labute approximate surface area is 121 Å². The number of hydrogen-bond donors (Lipinski definition) is 3. The zero-order chi connectivity index (χ0) is 14.0. The first-order valence-corrected chi connectivity index (χ1v) is 6.62. The number of rotatable bonds is 2. The summed E-state index contributed by atoms with van der Waals surface area (Å²) in [4.78, 5) is 13.5. The molecule has 7 heteroatoms. The third kappa shape index (κ3) is 3.30. The molecular weight excluding hydrogens is 289 g/mol. The van der Waals surface area contributed by atoms with E-state index in [1.165, 1.54) is 4.90 Å². The summed E-state index contributed by atoms with van der Waals surface area (Å²) in [5.74, 6) is 0. The van der Waals surface area contributed by atoms with Crippen molar-refractivity contribution in [3.05, 3.63) is 28.2 Å². The molecule has 1 heterocycles. The Bertz CT molecular complexity index is 484. The van der Waals surface area contributed by atoms with Gasteiger partial charge in [0.2, 0.25) is 0 Å². The van der Waals surface area contributed by atoms with Crippen LogP contribution in [0.5, 0.6) is 0 Å². The van der Waals surface area contributed by atoms with E-state index in [9.17, 15) is 9.90 Å². The number of amides is 2. The van der Waals surface area contributed by atoms with Gasteiger partial charge in [0.05, 0.1) is 22.2 Å². The van der Waals surface area contributed by atoms with E-state index in [1.54, 1.807) is 25.2 Å². The number of benzene rings is 1. The molecule has 2 atom stereocenters. The third-order valence-electron chi connectivity index (χ3n) is 3.14. The minimum atomic E-state index is -0.551. The van der Waals surface area contributed by atoms with Gasteiger partial charge < -0.3 is 20.6 Å². The predicted molar refractivity (Wildman–Crippen MR) is 75.9 cm³/mol. The first-order valence-electron chi connectivity index (χ1n) is 5.86. The summed E-state index contributed by atoms with van der Waals surface area (Å²) in [6.07, 6.45) is -0.551. The number of carbonyl (C=O) groups excluding carboxylic acids is 1. The zero-order valence-corrected chi connectivity index (χ0v) is 11.9. The number of nitrogens with zero attached hydrogens (tertiary/aromatic N) is 1. The van der Waals surface area contributed by atoms with Crippen LogP contribution in [0.15, 0.2) is 18.2 Å². The zero-order valence-electron chi connectivity index (χ0n) is 10.4. The van der Waals surface area contributed by atoms with Gasteiger partial charge in [0.15, 0.2) is 0 Å². The Morgan fingerprint density at radius 1 is 1.42 bits per heavy atom. The number of aliphatic hydroxyl groups is 1. The molecule has 1 aliphatic rings. The highest BCUT2D eigenvalue weighted by atomic mass is 35.5. The van der Waals surface area contributed by atoms with Gasteiger partial charge in [-0.05, 0) is 18.2 Å². The lowest BCUT2D eigenvalue weighted by atomic mass is 10.2. The molecular formula is C12H15Cl2N3O2. The van der Waals surface area contributed by atoms with Crippen LogP contribution in [0.2, 0.25) is 10.0 Å². The molecule has 2 rings (SSSR count). The Kier molecular flexibility index (Phi) is 4.52. The molecule has 0 spiro atoms. The van der Waals surface area contributed by atoms with E-state index in [2.05, 4.69) is 10.6 Å². The molecule has 5 nitrogen and oxygen atoms in total. The molecule has 1 saturated heterocycles. The Balaban J connectivity index is 2.02. The van der Waals surface area contributed by atoms with E-state index in [0.29, 0.717) is 28.8 Å².